The van der Waals surface area contributed by atoms with E-state index >= 15 is 0 Å². The number of carbonyl (C=O) groups is 1. The Morgan fingerprint density at radius 2 is 1.61 bits per heavy atom. The lowest BCUT2D eigenvalue weighted by molar-refractivity contribution is -0.104. The number of unbranched alkanes of at least 4 members (excludes halogenated alkanes) is 2. The minimum Gasteiger partial charge on any atom is -0.396 e. The Balaban J connectivity index is 0.000000830. The molecule has 36 heavy (non-hydrogen) atoms. The molecule has 2 fully saturated rings. The summed E-state index contributed by atoms with van der Waals surface area (Å²) in [5, 5.41) is 9.67. The third kappa shape index (κ3) is 11.3. The number of hydrogen-bond acceptors (Lipinski definition) is 3. The van der Waals surface area contributed by atoms with E-state index in [0.717, 1.165) is 43.0 Å². The zero-order valence-electron chi connectivity index (χ0n) is 23.6. The van der Waals surface area contributed by atoms with Crippen LogP contribution in [0.2, 0.25) is 0 Å². The van der Waals surface area contributed by atoms with Gasteiger partial charge in [-0.05, 0) is 117 Å². The van der Waals surface area contributed by atoms with Crippen molar-refractivity contribution in [3.05, 3.63) is 47.5 Å². The van der Waals surface area contributed by atoms with Gasteiger partial charge < -0.3 is 9.84 Å². The molecular weight excluding hydrogens is 444 g/mol. The zero-order chi connectivity index (χ0) is 26.2. The molecule has 0 bridgehead atoms. The van der Waals surface area contributed by atoms with Gasteiger partial charge in [0, 0.05) is 20.3 Å². The van der Waals surface area contributed by atoms with E-state index in [0.29, 0.717) is 18.1 Å². The molecular formula is C33H54O3. The molecule has 0 spiro atoms. The van der Waals surface area contributed by atoms with Crippen LogP contribution in [0.25, 0.3) is 0 Å². The largest absolute Gasteiger partial charge is 0.396 e. The van der Waals surface area contributed by atoms with Crippen LogP contribution >= 0.6 is 0 Å². The standard InChI is InChI=1S/C29H48O2.C4H6O/c1-3-4-5-6-23-7-11-26(12-8-23)28-15-17-29(18-16-28)27-13-9-24(10-14-27)21-25(22-30)19-20-31-2;1-4(2)3-5/h7-8,11-12,24-25,27-30H,3-6,9-10,13-22H2,1-2H3;3H,1H2,2H3. The number of rotatable bonds is 13. The van der Waals surface area contributed by atoms with E-state index in [2.05, 4.69) is 37.8 Å². The van der Waals surface area contributed by atoms with Gasteiger partial charge in [0.25, 0.3) is 0 Å². The average Bonchev–Trinajstić information content (AvgIpc) is 2.92. The maximum atomic E-state index is 9.67. The van der Waals surface area contributed by atoms with E-state index in [9.17, 15) is 9.90 Å². The van der Waals surface area contributed by atoms with E-state index in [4.69, 9.17) is 4.74 Å². The number of benzene rings is 1. The van der Waals surface area contributed by atoms with Crippen LogP contribution in [0, 0.1) is 23.7 Å². The molecule has 204 valence electrons. The average molecular weight is 499 g/mol. The fourth-order valence-corrected chi connectivity index (χ4v) is 6.39. The van der Waals surface area contributed by atoms with Crippen LogP contribution in [-0.2, 0) is 16.0 Å². The van der Waals surface area contributed by atoms with Crippen LogP contribution in [-0.4, -0.2) is 31.7 Å². The molecule has 0 amide bonds. The summed E-state index contributed by atoms with van der Waals surface area (Å²) in [5.74, 6) is 3.99. The fraction of sp³-hybridized carbons (Fsp3) is 0.727. The Morgan fingerprint density at radius 3 is 2.11 bits per heavy atom. The SMILES string of the molecule is C=C(C)C=O.CCCCCc1ccc(C2CCC(C3CCC(CC(CO)CCOC)CC3)CC2)cc1. The van der Waals surface area contributed by atoms with Crippen LogP contribution in [0.4, 0.5) is 0 Å². The summed E-state index contributed by atoms with van der Waals surface area (Å²) < 4.78 is 5.21. The van der Waals surface area contributed by atoms with Crippen molar-refractivity contribution in [2.24, 2.45) is 23.7 Å². The van der Waals surface area contributed by atoms with E-state index in [1.807, 2.05) is 0 Å². The molecule has 2 saturated carbocycles. The Bertz CT molecular complexity index is 709. The molecule has 2 aliphatic carbocycles. The summed E-state index contributed by atoms with van der Waals surface area (Å²) in [6.07, 6.45) is 19.4. The smallest absolute Gasteiger partial charge is 0.145 e. The quantitative estimate of drug-likeness (QED) is 0.169. The van der Waals surface area contributed by atoms with E-state index in [-0.39, 0.29) is 0 Å². The molecule has 2 aliphatic rings. The molecule has 1 aromatic carbocycles. The number of aryl methyl sites for hydroxylation is 1. The highest BCUT2D eigenvalue weighted by Crippen LogP contribution is 2.44. The lowest BCUT2D eigenvalue weighted by Crippen LogP contribution is -2.26. The monoisotopic (exact) mass is 498 g/mol. The molecule has 1 atom stereocenters. The van der Waals surface area contributed by atoms with Gasteiger partial charge in [-0.1, -0.05) is 63.5 Å². The third-order valence-electron chi connectivity index (χ3n) is 8.71. The first-order chi connectivity index (χ1) is 17.5. The maximum absolute atomic E-state index is 9.67. The van der Waals surface area contributed by atoms with Gasteiger partial charge in [0.1, 0.15) is 6.29 Å². The molecule has 0 saturated heterocycles. The molecule has 3 heteroatoms. The van der Waals surface area contributed by atoms with E-state index < -0.39 is 0 Å². The number of hydrogen-bond donors (Lipinski definition) is 1. The summed E-state index contributed by atoms with van der Waals surface area (Å²) in [4.78, 5) is 9.41. The van der Waals surface area contributed by atoms with Gasteiger partial charge in [-0.3, -0.25) is 4.79 Å². The molecule has 1 aromatic rings. The Morgan fingerprint density at radius 1 is 1.03 bits per heavy atom. The molecule has 0 aliphatic heterocycles. The number of ether oxygens (including phenoxy) is 1. The van der Waals surface area contributed by atoms with Gasteiger partial charge in [-0.25, -0.2) is 0 Å². The van der Waals surface area contributed by atoms with Crippen molar-refractivity contribution in [3.63, 3.8) is 0 Å². The maximum Gasteiger partial charge on any atom is 0.145 e. The predicted octanol–water partition coefficient (Wildman–Crippen LogP) is 8.30. The lowest BCUT2D eigenvalue weighted by atomic mass is 9.67. The second-order valence-electron chi connectivity index (χ2n) is 11.6. The number of aldehydes is 1. The normalized spacial score (nSPS) is 24.9. The molecule has 3 nitrogen and oxygen atoms in total. The van der Waals surface area contributed by atoms with Gasteiger partial charge in [0.05, 0.1) is 0 Å². The number of carbonyl (C=O) groups excluding carboxylic acids is 1. The van der Waals surface area contributed by atoms with Crippen molar-refractivity contribution in [3.8, 4) is 0 Å². The number of allylic oxidation sites excluding steroid dienone is 1. The van der Waals surface area contributed by atoms with Crippen LogP contribution in [0.1, 0.15) is 114 Å². The Labute approximate surface area is 222 Å². The van der Waals surface area contributed by atoms with Crippen molar-refractivity contribution in [2.45, 2.75) is 110 Å². The Hall–Kier alpha value is -1.45. The third-order valence-corrected chi connectivity index (χ3v) is 8.71. The second-order valence-corrected chi connectivity index (χ2v) is 11.6. The van der Waals surface area contributed by atoms with Gasteiger partial charge >= 0.3 is 0 Å². The summed E-state index contributed by atoms with van der Waals surface area (Å²) in [6.45, 7) is 8.35. The van der Waals surface area contributed by atoms with Crippen molar-refractivity contribution in [1.82, 2.24) is 0 Å². The van der Waals surface area contributed by atoms with E-state index in [1.54, 1.807) is 19.6 Å². The molecule has 0 aromatic heterocycles. The van der Waals surface area contributed by atoms with Crippen molar-refractivity contribution in [2.75, 3.05) is 20.3 Å². The molecule has 0 radical (unpaired) electrons. The zero-order valence-corrected chi connectivity index (χ0v) is 23.6. The van der Waals surface area contributed by atoms with Crippen LogP contribution in [0.5, 0.6) is 0 Å². The number of aliphatic hydroxyl groups excluding tert-OH is 1. The second kappa shape index (κ2) is 17.9. The fourth-order valence-electron chi connectivity index (χ4n) is 6.39. The summed E-state index contributed by atoms with van der Waals surface area (Å²) in [5.41, 5.74) is 3.69. The lowest BCUT2D eigenvalue weighted by Gasteiger charge is -2.38. The highest BCUT2D eigenvalue weighted by Gasteiger charge is 2.31. The summed E-state index contributed by atoms with van der Waals surface area (Å²) >= 11 is 0. The van der Waals surface area contributed by atoms with Crippen LogP contribution in [0.3, 0.4) is 0 Å². The highest BCUT2D eigenvalue weighted by atomic mass is 16.5. The van der Waals surface area contributed by atoms with Crippen molar-refractivity contribution in [1.29, 1.82) is 0 Å². The van der Waals surface area contributed by atoms with Crippen LogP contribution < -0.4 is 0 Å². The minimum atomic E-state index is 0.326. The molecule has 1 unspecified atom stereocenters. The molecule has 0 heterocycles. The topological polar surface area (TPSA) is 46.5 Å². The summed E-state index contributed by atoms with van der Waals surface area (Å²) in [6, 6.07) is 9.65. The first-order valence-corrected chi connectivity index (χ1v) is 14.8. The molecule has 1 N–H and O–H groups in total. The van der Waals surface area contributed by atoms with Crippen LogP contribution in [0.15, 0.2) is 36.4 Å². The van der Waals surface area contributed by atoms with Gasteiger partial charge in [-0.15, -0.1) is 0 Å². The predicted molar refractivity (Wildman–Crippen MR) is 152 cm³/mol. The van der Waals surface area contributed by atoms with Gasteiger partial charge in [0.2, 0.25) is 0 Å². The van der Waals surface area contributed by atoms with E-state index in [1.165, 1.54) is 89.0 Å². The minimum absolute atomic E-state index is 0.326. The highest BCUT2D eigenvalue weighted by molar-refractivity contribution is 5.70. The van der Waals surface area contributed by atoms with Gasteiger partial charge in [0.15, 0.2) is 0 Å². The first-order valence-electron chi connectivity index (χ1n) is 14.8. The number of aliphatic hydroxyl groups is 1. The number of methoxy groups -OCH3 is 1. The van der Waals surface area contributed by atoms with Crippen molar-refractivity contribution < 1.29 is 14.6 Å². The molecule has 3 rings (SSSR count). The Kier molecular flexibility index (Phi) is 15.3. The first kappa shape index (κ1) is 30.8. The van der Waals surface area contributed by atoms with Gasteiger partial charge in [-0.2, -0.15) is 0 Å². The van der Waals surface area contributed by atoms with Crippen molar-refractivity contribution >= 4 is 6.29 Å². The summed E-state index contributed by atoms with van der Waals surface area (Å²) in [7, 11) is 1.76.